The number of nitrogens with zero attached hydrogens (tertiary/aromatic N) is 1. The summed E-state index contributed by atoms with van der Waals surface area (Å²) >= 11 is 0. The largest absolute Gasteiger partial charge is 0.508 e. The zero-order valence-corrected chi connectivity index (χ0v) is 13.7. The van der Waals surface area contributed by atoms with Crippen molar-refractivity contribution in [3.05, 3.63) is 23.8 Å². The van der Waals surface area contributed by atoms with Crippen molar-refractivity contribution in [1.29, 1.82) is 0 Å². The Balaban J connectivity index is 2.35. The number of phenolic OH excluding ortho intramolecular Hbond substituents is 1. The van der Waals surface area contributed by atoms with Crippen LogP contribution in [-0.4, -0.2) is 45.0 Å². The summed E-state index contributed by atoms with van der Waals surface area (Å²) in [4.78, 5) is 4.16. The lowest BCUT2D eigenvalue weighted by Gasteiger charge is -2.13. The van der Waals surface area contributed by atoms with E-state index in [9.17, 15) is 5.11 Å². The highest BCUT2D eigenvalue weighted by Crippen LogP contribution is 2.22. The van der Waals surface area contributed by atoms with E-state index in [0.717, 1.165) is 38.2 Å². The van der Waals surface area contributed by atoms with Crippen molar-refractivity contribution in [2.75, 3.05) is 33.9 Å². The molecule has 6 nitrogen and oxygen atoms in total. The number of benzene rings is 1. The van der Waals surface area contributed by atoms with Gasteiger partial charge in [0.15, 0.2) is 5.96 Å². The first-order valence-corrected chi connectivity index (χ1v) is 7.59. The van der Waals surface area contributed by atoms with Crippen LogP contribution in [0.1, 0.15) is 25.3 Å². The summed E-state index contributed by atoms with van der Waals surface area (Å²) in [5.41, 5.74) is 0.763. The standard InChI is InChI=1S/C16H27N3O3/c1-4-22-10-6-5-9-18-16(17-2)19-12-13-11-14(21-3)7-8-15(13)20/h7-8,11,20H,4-6,9-10,12H2,1-3H3,(H2,17,18,19). The van der Waals surface area contributed by atoms with Gasteiger partial charge in [-0.3, -0.25) is 4.99 Å². The quantitative estimate of drug-likeness (QED) is 0.369. The Labute approximate surface area is 132 Å². The lowest BCUT2D eigenvalue weighted by molar-refractivity contribution is 0.143. The number of aliphatic imine (C=N–C) groups is 1. The minimum Gasteiger partial charge on any atom is -0.508 e. The zero-order valence-electron chi connectivity index (χ0n) is 13.7. The number of aromatic hydroxyl groups is 1. The van der Waals surface area contributed by atoms with Gasteiger partial charge < -0.3 is 25.2 Å². The Kier molecular flexibility index (Phi) is 8.83. The summed E-state index contributed by atoms with van der Waals surface area (Å²) in [5, 5.41) is 16.3. The second kappa shape index (κ2) is 10.7. The topological polar surface area (TPSA) is 75.1 Å². The van der Waals surface area contributed by atoms with Gasteiger partial charge in [-0.25, -0.2) is 0 Å². The van der Waals surface area contributed by atoms with E-state index in [0.29, 0.717) is 18.3 Å². The molecule has 0 amide bonds. The van der Waals surface area contributed by atoms with Crippen molar-refractivity contribution in [1.82, 2.24) is 10.6 Å². The van der Waals surface area contributed by atoms with Crippen molar-refractivity contribution in [2.24, 2.45) is 4.99 Å². The van der Waals surface area contributed by atoms with Crippen molar-refractivity contribution in [2.45, 2.75) is 26.3 Å². The molecular weight excluding hydrogens is 282 g/mol. The minimum atomic E-state index is 0.237. The number of unbranched alkanes of at least 4 members (excludes halogenated alkanes) is 1. The van der Waals surface area contributed by atoms with Gasteiger partial charge >= 0.3 is 0 Å². The summed E-state index contributed by atoms with van der Waals surface area (Å²) in [6.45, 7) is 4.86. The molecule has 1 aromatic carbocycles. The van der Waals surface area contributed by atoms with Crippen LogP contribution < -0.4 is 15.4 Å². The van der Waals surface area contributed by atoms with Gasteiger partial charge in [-0.1, -0.05) is 0 Å². The van der Waals surface area contributed by atoms with Crippen molar-refractivity contribution in [3.8, 4) is 11.5 Å². The molecule has 6 heteroatoms. The monoisotopic (exact) mass is 309 g/mol. The van der Waals surface area contributed by atoms with Gasteiger partial charge in [0.2, 0.25) is 0 Å². The SMILES string of the molecule is CCOCCCCNC(=NC)NCc1cc(OC)ccc1O. The van der Waals surface area contributed by atoms with Gasteiger partial charge in [0.25, 0.3) is 0 Å². The molecule has 0 aliphatic rings. The van der Waals surface area contributed by atoms with E-state index in [4.69, 9.17) is 9.47 Å². The highest BCUT2D eigenvalue weighted by Gasteiger charge is 2.04. The zero-order chi connectivity index (χ0) is 16.2. The molecule has 0 atom stereocenters. The van der Waals surface area contributed by atoms with Gasteiger partial charge in [-0.15, -0.1) is 0 Å². The Morgan fingerprint density at radius 2 is 2.09 bits per heavy atom. The maximum absolute atomic E-state index is 9.84. The highest BCUT2D eigenvalue weighted by atomic mass is 16.5. The predicted octanol–water partition coefficient (Wildman–Crippen LogP) is 1.88. The van der Waals surface area contributed by atoms with E-state index in [1.54, 1.807) is 32.4 Å². The van der Waals surface area contributed by atoms with Crippen LogP contribution in [0.25, 0.3) is 0 Å². The molecule has 3 N–H and O–H groups in total. The smallest absolute Gasteiger partial charge is 0.191 e. The summed E-state index contributed by atoms with van der Waals surface area (Å²) in [6.07, 6.45) is 2.04. The van der Waals surface area contributed by atoms with E-state index in [1.807, 2.05) is 6.92 Å². The molecule has 1 rings (SSSR count). The van der Waals surface area contributed by atoms with E-state index < -0.39 is 0 Å². The van der Waals surface area contributed by atoms with Crippen molar-refractivity contribution in [3.63, 3.8) is 0 Å². The number of guanidine groups is 1. The van der Waals surface area contributed by atoms with Crippen LogP contribution in [0, 0.1) is 0 Å². The molecule has 0 spiro atoms. The number of methoxy groups -OCH3 is 1. The lowest BCUT2D eigenvalue weighted by atomic mass is 10.2. The average Bonchev–Trinajstić information content (AvgIpc) is 2.55. The molecule has 0 bridgehead atoms. The van der Waals surface area contributed by atoms with Gasteiger partial charge in [-0.05, 0) is 38.0 Å². The van der Waals surface area contributed by atoms with Crippen LogP contribution in [0.2, 0.25) is 0 Å². The van der Waals surface area contributed by atoms with Crippen molar-refractivity contribution < 1.29 is 14.6 Å². The van der Waals surface area contributed by atoms with Crippen LogP contribution in [0.5, 0.6) is 11.5 Å². The van der Waals surface area contributed by atoms with Crippen LogP contribution >= 0.6 is 0 Å². The van der Waals surface area contributed by atoms with E-state index in [-0.39, 0.29) is 5.75 Å². The molecule has 0 heterocycles. The number of hydrogen-bond acceptors (Lipinski definition) is 4. The van der Waals surface area contributed by atoms with Gasteiger partial charge in [0, 0.05) is 38.9 Å². The normalized spacial score (nSPS) is 11.3. The first-order valence-electron chi connectivity index (χ1n) is 7.59. The van der Waals surface area contributed by atoms with Gasteiger partial charge in [-0.2, -0.15) is 0 Å². The molecule has 1 aromatic rings. The highest BCUT2D eigenvalue weighted by molar-refractivity contribution is 5.79. The molecule has 0 fully saturated rings. The molecule has 124 valence electrons. The third-order valence-corrected chi connectivity index (χ3v) is 3.17. The maximum atomic E-state index is 9.84. The number of nitrogens with one attached hydrogen (secondary N) is 2. The fourth-order valence-corrected chi connectivity index (χ4v) is 1.91. The summed E-state index contributed by atoms with van der Waals surface area (Å²) < 4.78 is 10.5. The van der Waals surface area contributed by atoms with E-state index >= 15 is 0 Å². The minimum absolute atomic E-state index is 0.237. The summed E-state index contributed by atoms with van der Waals surface area (Å²) in [5.74, 6) is 1.66. The molecule has 0 saturated carbocycles. The lowest BCUT2D eigenvalue weighted by Crippen LogP contribution is -2.37. The van der Waals surface area contributed by atoms with Gasteiger partial charge in [0.05, 0.1) is 7.11 Å². The number of phenols is 1. The molecular formula is C16H27N3O3. The van der Waals surface area contributed by atoms with E-state index in [2.05, 4.69) is 15.6 Å². The Morgan fingerprint density at radius 3 is 2.77 bits per heavy atom. The Bertz CT molecular complexity index is 464. The molecule has 0 aliphatic heterocycles. The fraction of sp³-hybridized carbons (Fsp3) is 0.562. The van der Waals surface area contributed by atoms with Crippen LogP contribution in [0.4, 0.5) is 0 Å². The Hall–Kier alpha value is -1.95. The van der Waals surface area contributed by atoms with Gasteiger partial charge in [0.1, 0.15) is 11.5 Å². The van der Waals surface area contributed by atoms with Crippen LogP contribution in [0.15, 0.2) is 23.2 Å². The first-order chi connectivity index (χ1) is 10.7. The van der Waals surface area contributed by atoms with Crippen molar-refractivity contribution >= 4 is 5.96 Å². The fourth-order valence-electron chi connectivity index (χ4n) is 1.91. The molecule has 22 heavy (non-hydrogen) atoms. The predicted molar refractivity (Wildman–Crippen MR) is 88.6 cm³/mol. The second-order valence-corrected chi connectivity index (χ2v) is 4.75. The summed E-state index contributed by atoms with van der Waals surface area (Å²) in [7, 11) is 3.33. The van der Waals surface area contributed by atoms with Crippen LogP contribution in [-0.2, 0) is 11.3 Å². The molecule has 0 radical (unpaired) electrons. The number of hydrogen-bond donors (Lipinski definition) is 3. The Morgan fingerprint density at radius 1 is 1.27 bits per heavy atom. The molecule has 0 aromatic heterocycles. The third kappa shape index (κ3) is 6.67. The second-order valence-electron chi connectivity index (χ2n) is 4.75. The average molecular weight is 309 g/mol. The third-order valence-electron chi connectivity index (χ3n) is 3.17. The number of ether oxygens (including phenoxy) is 2. The molecule has 0 aliphatic carbocycles. The van der Waals surface area contributed by atoms with Crippen LogP contribution in [0.3, 0.4) is 0 Å². The summed E-state index contributed by atoms with van der Waals surface area (Å²) in [6, 6.07) is 5.15. The maximum Gasteiger partial charge on any atom is 0.191 e. The van der Waals surface area contributed by atoms with E-state index in [1.165, 1.54) is 0 Å². The molecule has 0 unspecified atom stereocenters. The first kappa shape index (κ1) is 18.1. The molecule has 0 saturated heterocycles. The number of rotatable bonds is 9.